The number of hydrogen-bond donors (Lipinski definition) is 1. The van der Waals surface area contributed by atoms with Crippen molar-refractivity contribution in [3.63, 3.8) is 0 Å². The van der Waals surface area contributed by atoms with Crippen molar-refractivity contribution in [3.8, 4) is 0 Å². The zero-order valence-corrected chi connectivity index (χ0v) is 15.1. The predicted octanol–water partition coefficient (Wildman–Crippen LogP) is 3.00. The summed E-state index contributed by atoms with van der Waals surface area (Å²) in [6.07, 6.45) is -4.54. The van der Waals surface area contributed by atoms with Crippen molar-refractivity contribution in [2.75, 3.05) is 26.2 Å². The Bertz CT molecular complexity index is 951. The molecular weight excluding hydrogens is 389 g/mol. The summed E-state index contributed by atoms with van der Waals surface area (Å²) >= 11 is 0. The number of amides is 2. The molecule has 1 fully saturated rings. The van der Waals surface area contributed by atoms with Crippen molar-refractivity contribution >= 4 is 17.8 Å². The lowest BCUT2D eigenvalue weighted by atomic mass is 10.1. The molecule has 1 saturated heterocycles. The molecule has 2 aromatic carbocycles. The number of rotatable bonds is 3. The molecule has 152 valence electrons. The topological polar surface area (TPSA) is 77.9 Å². The maximum absolute atomic E-state index is 12.8. The molecule has 0 saturated carbocycles. The van der Waals surface area contributed by atoms with Crippen LogP contribution >= 0.6 is 0 Å². The van der Waals surface area contributed by atoms with E-state index in [1.165, 1.54) is 46.2 Å². The summed E-state index contributed by atoms with van der Waals surface area (Å²) < 4.78 is 38.5. The van der Waals surface area contributed by atoms with Gasteiger partial charge in [0.1, 0.15) is 0 Å². The molecule has 1 aliphatic heterocycles. The van der Waals surface area contributed by atoms with E-state index >= 15 is 0 Å². The number of carboxylic acids is 1. The first-order valence-electron chi connectivity index (χ1n) is 8.76. The summed E-state index contributed by atoms with van der Waals surface area (Å²) in [5.41, 5.74) is -0.735. The van der Waals surface area contributed by atoms with Gasteiger partial charge in [-0.1, -0.05) is 12.1 Å². The second-order valence-electron chi connectivity index (χ2n) is 6.55. The molecule has 0 bridgehead atoms. The van der Waals surface area contributed by atoms with Gasteiger partial charge in [0.2, 0.25) is 0 Å². The van der Waals surface area contributed by atoms with Crippen molar-refractivity contribution in [1.29, 1.82) is 0 Å². The van der Waals surface area contributed by atoms with Gasteiger partial charge in [0.25, 0.3) is 11.8 Å². The standard InChI is InChI=1S/C20H17F3N2O4/c21-20(22,23)16-6-2-4-14(12-16)18(27)25-9-7-24(8-10-25)17(26)13-3-1-5-15(11-13)19(28)29/h1-6,11-12H,7-10H2,(H,28,29). The molecule has 9 heteroatoms. The molecule has 2 aromatic rings. The fourth-order valence-electron chi connectivity index (χ4n) is 3.09. The molecule has 1 N–H and O–H groups in total. The maximum atomic E-state index is 12.8. The number of carboxylic acid groups (broad SMARTS) is 1. The summed E-state index contributed by atoms with van der Waals surface area (Å²) in [6.45, 7) is 0.723. The van der Waals surface area contributed by atoms with Gasteiger partial charge in [0.05, 0.1) is 11.1 Å². The molecule has 0 atom stereocenters. The van der Waals surface area contributed by atoms with Crippen molar-refractivity contribution in [1.82, 2.24) is 9.80 Å². The normalized spacial score (nSPS) is 14.6. The van der Waals surface area contributed by atoms with Crippen LogP contribution in [0.1, 0.15) is 36.6 Å². The molecule has 1 heterocycles. The van der Waals surface area contributed by atoms with E-state index in [1.807, 2.05) is 0 Å². The second-order valence-corrected chi connectivity index (χ2v) is 6.55. The minimum Gasteiger partial charge on any atom is -0.478 e. The summed E-state index contributed by atoms with van der Waals surface area (Å²) in [6, 6.07) is 9.88. The SMILES string of the molecule is O=C(O)c1cccc(C(=O)N2CCN(C(=O)c3cccc(C(F)(F)F)c3)CC2)c1. The maximum Gasteiger partial charge on any atom is 0.416 e. The van der Waals surface area contributed by atoms with Crippen LogP contribution < -0.4 is 0 Å². The highest BCUT2D eigenvalue weighted by Gasteiger charge is 2.32. The molecule has 1 aliphatic rings. The van der Waals surface area contributed by atoms with Gasteiger partial charge in [-0.2, -0.15) is 13.2 Å². The first-order valence-corrected chi connectivity index (χ1v) is 8.76. The zero-order chi connectivity index (χ0) is 21.2. The summed E-state index contributed by atoms with van der Waals surface area (Å²) in [4.78, 5) is 39.0. The van der Waals surface area contributed by atoms with Crippen LogP contribution in [0.5, 0.6) is 0 Å². The minimum absolute atomic E-state index is 0.00536. The van der Waals surface area contributed by atoms with Gasteiger partial charge in [-0.05, 0) is 36.4 Å². The molecule has 3 rings (SSSR count). The highest BCUT2D eigenvalue weighted by molar-refractivity contribution is 5.98. The average Bonchev–Trinajstić information content (AvgIpc) is 2.72. The minimum atomic E-state index is -4.54. The number of halogens is 3. The molecule has 0 radical (unpaired) electrons. The number of carbonyl (C=O) groups is 3. The highest BCUT2D eigenvalue weighted by Crippen LogP contribution is 2.29. The van der Waals surface area contributed by atoms with Gasteiger partial charge in [-0.3, -0.25) is 9.59 Å². The molecular formula is C20H17F3N2O4. The van der Waals surface area contributed by atoms with Gasteiger partial charge >= 0.3 is 12.1 Å². The Labute approximate surface area is 164 Å². The predicted molar refractivity (Wildman–Crippen MR) is 96.7 cm³/mol. The molecule has 2 amide bonds. The summed E-state index contributed by atoms with van der Waals surface area (Å²) in [7, 11) is 0. The van der Waals surface area contributed by atoms with Crippen LogP contribution in [0.25, 0.3) is 0 Å². The molecule has 0 spiro atoms. The highest BCUT2D eigenvalue weighted by atomic mass is 19.4. The van der Waals surface area contributed by atoms with Crippen molar-refractivity contribution < 1.29 is 32.7 Å². The first kappa shape index (κ1) is 20.4. The summed E-state index contributed by atoms with van der Waals surface area (Å²) in [5.74, 6) is -2.04. The first-order chi connectivity index (χ1) is 13.7. The Kier molecular flexibility index (Phi) is 5.58. The molecule has 0 aliphatic carbocycles. The number of nitrogens with zero attached hydrogens (tertiary/aromatic N) is 2. The smallest absolute Gasteiger partial charge is 0.416 e. The van der Waals surface area contributed by atoms with Crippen LogP contribution in [-0.2, 0) is 6.18 Å². The Morgan fingerprint density at radius 3 is 1.69 bits per heavy atom. The lowest BCUT2D eigenvalue weighted by molar-refractivity contribution is -0.137. The van der Waals surface area contributed by atoms with Crippen molar-refractivity contribution in [2.24, 2.45) is 0 Å². The second kappa shape index (κ2) is 7.94. The Morgan fingerprint density at radius 2 is 1.21 bits per heavy atom. The van der Waals surface area contributed by atoms with E-state index in [4.69, 9.17) is 5.11 Å². The van der Waals surface area contributed by atoms with E-state index in [1.54, 1.807) is 0 Å². The van der Waals surface area contributed by atoms with Gasteiger partial charge < -0.3 is 14.9 Å². The number of piperazine rings is 1. The third-order valence-electron chi connectivity index (χ3n) is 4.65. The zero-order valence-electron chi connectivity index (χ0n) is 15.1. The molecule has 0 unspecified atom stereocenters. The monoisotopic (exact) mass is 406 g/mol. The number of hydrogen-bond acceptors (Lipinski definition) is 3. The van der Waals surface area contributed by atoms with Crippen LogP contribution in [0.3, 0.4) is 0 Å². The number of alkyl halides is 3. The lowest BCUT2D eigenvalue weighted by Crippen LogP contribution is -2.50. The fraction of sp³-hybridized carbons (Fsp3) is 0.250. The number of carbonyl (C=O) groups excluding carboxylic acids is 2. The number of benzene rings is 2. The van der Waals surface area contributed by atoms with E-state index in [0.717, 1.165) is 12.1 Å². The molecule has 29 heavy (non-hydrogen) atoms. The van der Waals surface area contributed by atoms with E-state index < -0.39 is 23.6 Å². The Balaban J connectivity index is 1.66. The van der Waals surface area contributed by atoms with Gasteiger partial charge in [0.15, 0.2) is 0 Å². The van der Waals surface area contributed by atoms with Crippen LogP contribution in [0.2, 0.25) is 0 Å². The largest absolute Gasteiger partial charge is 0.478 e. The van der Waals surface area contributed by atoms with Crippen LogP contribution in [0.4, 0.5) is 13.2 Å². The van der Waals surface area contributed by atoms with E-state index in [9.17, 15) is 27.6 Å². The number of aromatic carboxylic acids is 1. The van der Waals surface area contributed by atoms with Crippen LogP contribution in [0.15, 0.2) is 48.5 Å². The van der Waals surface area contributed by atoms with Gasteiger partial charge in [-0.15, -0.1) is 0 Å². The third-order valence-corrected chi connectivity index (χ3v) is 4.65. The average molecular weight is 406 g/mol. The Hall–Kier alpha value is -3.36. The fourth-order valence-corrected chi connectivity index (χ4v) is 3.09. The van der Waals surface area contributed by atoms with E-state index in [2.05, 4.69) is 0 Å². The van der Waals surface area contributed by atoms with Crippen molar-refractivity contribution in [3.05, 3.63) is 70.8 Å². The van der Waals surface area contributed by atoms with Crippen LogP contribution in [-0.4, -0.2) is 58.9 Å². The third kappa shape index (κ3) is 4.56. The van der Waals surface area contributed by atoms with Gasteiger partial charge in [0, 0.05) is 37.3 Å². The molecule has 0 aromatic heterocycles. The van der Waals surface area contributed by atoms with Crippen molar-refractivity contribution in [2.45, 2.75) is 6.18 Å². The van der Waals surface area contributed by atoms with Gasteiger partial charge in [-0.25, -0.2) is 4.79 Å². The van der Waals surface area contributed by atoms with E-state index in [-0.39, 0.29) is 48.8 Å². The summed E-state index contributed by atoms with van der Waals surface area (Å²) in [5, 5.41) is 9.04. The van der Waals surface area contributed by atoms with Crippen LogP contribution in [0, 0.1) is 0 Å². The quantitative estimate of drug-likeness (QED) is 0.850. The Morgan fingerprint density at radius 1 is 0.759 bits per heavy atom. The van der Waals surface area contributed by atoms with E-state index in [0.29, 0.717) is 0 Å². The molecule has 6 nitrogen and oxygen atoms in total. The lowest BCUT2D eigenvalue weighted by Gasteiger charge is -2.35.